The Labute approximate surface area is 76.1 Å². The maximum Gasteiger partial charge on any atom is 0.221 e. The van der Waals surface area contributed by atoms with E-state index in [0.717, 1.165) is 11.3 Å². The van der Waals surface area contributed by atoms with E-state index in [2.05, 4.69) is 10.2 Å². The van der Waals surface area contributed by atoms with Crippen LogP contribution in [-0.2, 0) is 16.3 Å². The van der Waals surface area contributed by atoms with Crippen LogP contribution in [0.25, 0.3) is 0 Å². The van der Waals surface area contributed by atoms with Gasteiger partial charge in [0.15, 0.2) is 0 Å². The van der Waals surface area contributed by atoms with E-state index in [0.29, 0.717) is 0 Å². The molecular weight excluding hydrogens is 170 g/mol. The van der Waals surface area contributed by atoms with Gasteiger partial charge in [0.2, 0.25) is 5.91 Å². The number of carbonyl (C=O) groups excluding carboxylic acids is 1. The number of rotatable bonds is 3. The lowest BCUT2D eigenvalue weighted by Gasteiger charge is -2.02. The molecule has 1 aromatic rings. The Morgan fingerprint density at radius 3 is 2.54 bits per heavy atom. The van der Waals surface area contributed by atoms with Gasteiger partial charge in [0.05, 0.1) is 0 Å². The van der Waals surface area contributed by atoms with Gasteiger partial charge >= 0.3 is 0 Å². The fourth-order valence-corrected chi connectivity index (χ4v) is 0.962. The van der Waals surface area contributed by atoms with Crippen molar-refractivity contribution in [2.75, 3.05) is 5.32 Å². The second kappa shape index (κ2) is 4.59. The SMILES string of the molecule is CC(=O)Nc1ccc(COO)cc1. The van der Waals surface area contributed by atoms with Crippen LogP contribution in [0.2, 0.25) is 0 Å². The standard InChI is InChI=1S/C9H11NO3/c1-7(11)10-9-4-2-8(3-5-9)6-13-12/h2-5,12H,6H2,1H3,(H,10,11). The molecule has 0 aromatic heterocycles. The van der Waals surface area contributed by atoms with Crippen molar-refractivity contribution < 1.29 is 14.9 Å². The molecule has 2 N–H and O–H groups in total. The summed E-state index contributed by atoms with van der Waals surface area (Å²) in [7, 11) is 0. The zero-order valence-corrected chi connectivity index (χ0v) is 7.28. The highest BCUT2D eigenvalue weighted by Crippen LogP contribution is 2.09. The Morgan fingerprint density at radius 2 is 2.08 bits per heavy atom. The molecule has 0 bridgehead atoms. The van der Waals surface area contributed by atoms with Gasteiger partial charge in [-0.05, 0) is 17.7 Å². The van der Waals surface area contributed by atoms with Crippen molar-refractivity contribution in [3.8, 4) is 0 Å². The highest BCUT2D eigenvalue weighted by molar-refractivity contribution is 5.88. The Hall–Kier alpha value is -1.39. The van der Waals surface area contributed by atoms with E-state index in [1.54, 1.807) is 24.3 Å². The zero-order chi connectivity index (χ0) is 9.68. The van der Waals surface area contributed by atoms with Gasteiger partial charge in [0.1, 0.15) is 6.61 Å². The highest BCUT2D eigenvalue weighted by atomic mass is 17.1. The Balaban J connectivity index is 2.64. The molecule has 0 heterocycles. The van der Waals surface area contributed by atoms with Crippen LogP contribution in [-0.4, -0.2) is 11.2 Å². The van der Waals surface area contributed by atoms with E-state index in [4.69, 9.17) is 5.26 Å². The fraction of sp³-hybridized carbons (Fsp3) is 0.222. The second-order valence-corrected chi connectivity index (χ2v) is 2.65. The molecule has 70 valence electrons. The molecular formula is C9H11NO3. The predicted molar refractivity (Wildman–Crippen MR) is 48.2 cm³/mol. The number of hydrogen-bond acceptors (Lipinski definition) is 3. The van der Waals surface area contributed by atoms with Crippen molar-refractivity contribution in [2.24, 2.45) is 0 Å². The molecule has 1 aromatic carbocycles. The number of anilines is 1. The number of hydrogen-bond donors (Lipinski definition) is 2. The lowest BCUT2D eigenvalue weighted by atomic mass is 10.2. The highest BCUT2D eigenvalue weighted by Gasteiger charge is 1.95. The van der Waals surface area contributed by atoms with Gasteiger partial charge in [0, 0.05) is 12.6 Å². The third-order valence-electron chi connectivity index (χ3n) is 1.51. The summed E-state index contributed by atoms with van der Waals surface area (Å²) in [5, 5.41) is 10.8. The third-order valence-corrected chi connectivity index (χ3v) is 1.51. The molecule has 1 rings (SSSR count). The van der Waals surface area contributed by atoms with Crippen LogP contribution >= 0.6 is 0 Å². The quantitative estimate of drug-likeness (QED) is 0.550. The van der Waals surface area contributed by atoms with Crippen LogP contribution in [0.1, 0.15) is 12.5 Å². The first-order valence-electron chi connectivity index (χ1n) is 3.85. The van der Waals surface area contributed by atoms with Crippen molar-refractivity contribution in [1.29, 1.82) is 0 Å². The maximum absolute atomic E-state index is 10.6. The molecule has 4 nitrogen and oxygen atoms in total. The van der Waals surface area contributed by atoms with Gasteiger partial charge in [-0.3, -0.25) is 10.1 Å². The molecule has 0 saturated heterocycles. The first kappa shape index (κ1) is 9.70. The van der Waals surface area contributed by atoms with Gasteiger partial charge in [-0.1, -0.05) is 12.1 Å². The minimum Gasteiger partial charge on any atom is -0.326 e. The average molecular weight is 181 g/mol. The number of nitrogens with one attached hydrogen (secondary N) is 1. The van der Waals surface area contributed by atoms with Gasteiger partial charge in [-0.15, -0.1) is 0 Å². The third kappa shape index (κ3) is 3.23. The minimum absolute atomic E-state index is 0.105. The monoisotopic (exact) mass is 181 g/mol. The van der Waals surface area contributed by atoms with Crippen molar-refractivity contribution >= 4 is 11.6 Å². The van der Waals surface area contributed by atoms with E-state index in [9.17, 15) is 4.79 Å². The predicted octanol–water partition coefficient (Wildman–Crippen LogP) is 1.63. The summed E-state index contributed by atoms with van der Waals surface area (Å²) in [6, 6.07) is 7.02. The lowest BCUT2D eigenvalue weighted by Crippen LogP contribution is -2.05. The van der Waals surface area contributed by atoms with Gasteiger partial charge in [-0.25, -0.2) is 4.89 Å². The van der Waals surface area contributed by atoms with Crippen molar-refractivity contribution in [3.05, 3.63) is 29.8 Å². The molecule has 0 atom stereocenters. The van der Waals surface area contributed by atoms with Crippen molar-refractivity contribution in [2.45, 2.75) is 13.5 Å². The van der Waals surface area contributed by atoms with Gasteiger partial charge in [-0.2, -0.15) is 0 Å². The summed E-state index contributed by atoms with van der Waals surface area (Å²) >= 11 is 0. The van der Waals surface area contributed by atoms with Crippen LogP contribution in [0.5, 0.6) is 0 Å². The van der Waals surface area contributed by atoms with Crippen LogP contribution in [0.15, 0.2) is 24.3 Å². The molecule has 1 amide bonds. The Bertz CT molecular complexity index is 281. The molecule has 13 heavy (non-hydrogen) atoms. The van der Waals surface area contributed by atoms with Crippen LogP contribution in [0.3, 0.4) is 0 Å². The molecule has 0 saturated carbocycles. The maximum atomic E-state index is 10.6. The van der Waals surface area contributed by atoms with Crippen molar-refractivity contribution in [3.63, 3.8) is 0 Å². The summed E-state index contributed by atoms with van der Waals surface area (Å²) < 4.78 is 0. The smallest absolute Gasteiger partial charge is 0.221 e. The summed E-state index contributed by atoms with van der Waals surface area (Å²) in [5.41, 5.74) is 1.57. The van der Waals surface area contributed by atoms with E-state index in [-0.39, 0.29) is 12.5 Å². The molecule has 0 aliphatic rings. The zero-order valence-electron chi connectivity index (χ0n) is 7.28. The number of amides is 1. The van der Waals surface area contributed by atoms with Gasteiger partial charge < -0.3 is 5.32 Å². The topological polar surface area (TPSA) is 58.6 Å². The first-order chi connectivity index (χ1) is 6.22. The summed E-state index contributed by atoms with van der Waals surface area (Å²) in [4.78, 5) is 14.6. The van der Waals surface area contributed by atoms with E-state index < -0.39 is 0 Å². The van der Waals surface area contributed by atoms with E-state index in [1.807, 2.05) is 0 Å². The molecule has 0 unspecified atom stereocenters. The Kier molecular flexibility index (Phi) is 3.42. The summed E-state index contributed by atoms with van der Waals surface area (Å²) in [5.74, 6) is -0.105. The lowest BCUT2D eigenvalue weighted by molar-refractivity contribution is -0.253. The number of benzene rings is 1. The molecule has 0 fully saturated rings. The second-order valence-electron chi connectivity index (χ2n) is 2.65. The number of carbonyl (C=O) groups is 1. The van der Waals surface area contributed by atoms with E-state index in [1.165, 1.54) is 6.92 Å². The minimum atomic E-state index is -0.105. The largest absolute Gasteiger partial charge is 0.326 e. The normalized spacial score (nSPS) is 9.69. The van der Waals surface area contributed by atoms with Gasteiger partial charge in [0.25, 0.3) is 0 Å². The molecule has 0 spiro atoms. The average Bonchev–Trinajstić information content (AvgIpc) is 2.08. The molecule has 4 heteroatoms. The molecule has 0 aliphatic heterocycles. The molecule has 0 radical (unpaired) electrons. The van der Waals surface area contributed by atoms with Crippen LogP contribution in [0, 0.1) is 0 Å². The van der Waals surface area contributed by atoms with Crippen LogP contribution < -0.4 is 5.32 Å². The first-order valence-corrected chi connectivity index (χ1v) is 3.85. The van der Waals surface area contributed by atoms with Crippen LogP contribution in [0.4, 0.5) is 5.69 Å². The van der Waals surface area contributed by atoms with Crippen molar-refractivity contribution in [1.82, 2.24) is 0 Å². The van der Waals surface area contributed by atoms with E-state index >= 15 is 0 Å². The summed E-state index contributed by atoms with van der Waals surface area (Å²) in [6.07, 6.45) is 0. The molecule has 0 aliphatic carbocycles. The fourth-order valence-electron chi connectivity index (χ4n) is 0.962. The summed E-state index contributed by atoms with van der Waals surface area (Å²) in [6.45, 7) is 1.60. The Morgan fingerprint density at radius 1 is 1.46 bits per heavy atom.